The van der Waals surface area contributed by atoms with Crippen LogP contribution in [-0.4, -0.2) is 13.1 Å². The lowest BCUT2D eigenvalue weighted by Crippen LogP contribution is -2.22. The molecule has 0 saturated carbocycles. The summed E-state index contributed by atoms with van der Waals surface area (Å²) in [4.78, 5) is 11.1. The first-order chi connectivity index (χ1) is 7.19. The second kappa shape index (κ2) is 5.39. The molecule has 0 fully saturated rings. The fourth-order valence-corrected chi connectivity index (χ4v) is 1.35. The smallest absolute Gasteiger partial charge is 0.410 e. The number of nitrogens with one attached hydrogen (secondary N) is 1. The molecule has 1 aromatic carbocycles. The average Bonchev–Trinajstić information content (AvgIpc) is 2.28. The highest BCUT2D eigenvalue weighted by Crippen LogP contribution is 2.28. The third-order valence-corrected chi connectivity index (χ3v) is 2.47. The van der Waals surface area contributed by atoms with Crippen LogP contribution in [0.1, 0.15) is 31.7 Å². The van der Waals surface area contributed by atoms with Crippen LogP contribution in [0.15, 0.2) is 24.3 Å². The minimum absolute atomic E-state index is 0.394. The molecule has 15 heavy (non-hydrogen) atoms. The van der Waals surface area contributed by atoms with Crippen molar-refractivity contribution in [2.45, 2.75) is 26.2 Å². The fourth-order valence-electron chi connectivity index (χ4n) is 1.35. The molecule has 1 N–H and O–H groups in total. The van der Waals surface area contributed by atoms with Crippen molar-refractivity contribution in [2.75, 3.05) is 7.05 Å². The van der Waals surface area contributed by atoms with E-state index >= 15 is 0 Å². The molecule has 0 aliphatic carbocycles. The zero-order valence-electron chi connectivity index (χ0n) is 9.41. The Morgan fingerprint density at radius 3 is 2.73 bits per heavy atom. The van der Waals surface area contributed by atoms with Crippen LogP contribution < -0.4 is 10.1 Å². The Hall–Kier alpha value is -1.51. The fraction of sp³-hybridized carbons (Fsp3) is 0.417. The van der Waals surface area contributed by atoms with Crippen molar-refractivity contribution in [3.8, 4) is 5.75 Å². The number of carbonyl (C=O) groups excluding carboxylic acids is 1. The number of ether oxygens (including phenoxy) is 1. The lowest BCUT2D eigenvalue weighted by atomic mass is 9.98. The maximum Gasteiger partial charge on any atom is 0.412 e. The summed E-state index contributed by atoms with van der Waals surface area (Å²) < 4.78 is 5.17. The van der Waals surface area contributed by atoms with E-state index in [4.69, 9.17) is 4.74 Å². The Labute approximate surface area is 90.4 Å². The molecule has 0 aliphatic heterocycles. The van der Waals surface area contributed by atoms with Gasteiger partial charge in [0.15, 0.2) is 0 Å². The Bertz CT molecular complexity index is 336. The van der Waals surface area contributed by atoms with Crippen LogP contribution in [0.4, 0.5) is 4.79 Å². The minimum Gasteiger partial charge on any atom is -0.410 e. The normalized spacial score (nSPS) is 11.9. The van der Waals surface area contributed by atoms with Gasteiger partial charge in [0.2, 0.25) is 0 Å². The second-order valence-electron chi connectivity index (χ2n) is 3.49. The first-order valence-corrected chi connectivity index (χ1v) is 5.17. The number of benzene rings is 1. The summed E-state index contributed by atoms with van der Waals surface area (Å²) in [6, 6.07) is 7.63. The van der Waals surface area contributed by atoms with Crippen molar-refractivity contribution in [3.05, 3.63) is 29.8 Å². The van der Waals surface area contributed by atoms with E-state index in [2.05, 4.69) is 19.2 Å². The van der Waals surface area contributed by atoms with Crippen molar-refractivity contribution in [1.29, 1.82) is 0 Å². The number of hydrogen-bond donors (Lipinski definition) is 1. The van der Waals surface area contributed by atoms with Crippen LogP contribution >= 0.6 is 0 Å². The number of hydrogen-bond acceptors (Lipinski definition) is 2. The molecule has 0 heterocycles. The highest BCUT2D eigenvalue weighted by molar-refractivity contribution is 5.70. The van der Waals surface area contributed by atoms with Gasteiger partial charge < -0.3 is 10.1 Å². The summed E-state index contributed by atoms with van der Waals surface area (Å²) in [6.07, 6.45) is 0.597. The van der Waals surface area contributed by atoms with Crippen LogP contribution in [0.25, 0.3) is 0 Å². The highest BCUT2D eigenvalue weighted by atomic mass is 16.6. The molecule has 1 amide bonds. The molecule has 82 valence electrons. The maximum atomic E-state index is 11.1. The third-order valence-electron chi connectivity index (χ3n) is 2.47. The Balaban J connectivity index is 2.91. The first-order valence-electron chi connectivity index (χ1n) is 5.17. The third kappa shape index (κ3) is 2.98. The van der Waals surface area contributed by atoms with Gasteiger partial charge in [-0.2, -0.15) is 0 Å². The van der Waals surface area contributed by atoms with E-state index in [-0.39, 0.29) is 0 Å². The van der Waals surface area contributed by atoms with Gasteiger partial charge in [0.25, 0.3) is 0 Å². The van der Waals surface area contributed by atoms with Gasteiger partial charge in [0.05, 0.1) is 0 Å². The molecular weight excluding hydrogens is 190 g/mol. The first kappa shape index (κ1) is 11.6. The summed E-state index contributed by atoms with van der Waals surface area (Å²) >= 11 is 0. The van der Waals surface area contributed by atoms with E-state index in [1.165, 1.54) is 0 Å². The molecule has 0 saturated heterocycles. The molecule has 0 aliphatic rings. The number of para-hydroxylation sites is 1. The van der Waals surface area contributed by atoms with E-state index in [9.17, 15) is 4.79 Å². The minimum atomic E-state index is -0.425. The van der Waals surface area contributed by atoms with Crippen LogP contribution in [-0.2, 0) is 0 Å². The molecule has 1 atom stereocenters. The molecule has 0 radical (unpaired) electrons. The van der Waals surface area contributed by atoms with E-state index in [0.717, 1.165) is 12.0 Å². The molecule has 1 rings (SSSR count). The van der Waals surface area contributed by atoms with Gasteiger partial charge >= 0.3 is 6.09 Å². The van der Waals surface area contributed by atoms with Crippen molar-refractivity contribution in [2.24, 2.45) is 0 Å². The SMILES string of the molecule is CC[C@H](C)c1ccccc1OC(=O)NC. The number of carbonyl (C=O) groups is 1. The molecule has 0 aromatic heterocycles. The summed E-state index contributed by atoms with van der Waals surface area (Å²) in [5.41, 5.74) is 1.07. The van der Waals surface area contributed by atoms with Crippen molar-refractivity contribution >= 4 is 6.09 Å². The number of amides is 1. The van der Waals surface area contributed by atoms with Crippen molar-refractivity contribution in [3.63, 3.8) is 0 Å². The van der Waals surface area contributed by atoms with Gasteiger partial charge in [-0.3, -0.25) is 0 Å². The lowest BCUT2D eigenvalue weighted by Gasteiger charge is -2.13. The van der Waals surface area contributed by atoms with E-state index < -0.39 is 6.09 Å². The quantitative estimate of drug-likeness (QED) is 0.827. The molecular formula is C12H17NO2. The van der Waals surface area contributed by atoms with E-state index in [1.807, 2.05) is 24.3 Å². The van der Waals surface area contributed by atoms with E-state index in [0.29, 0.717) is 11.7 Å². The second-order valence-corrected chi connectivity index (χ2v) is 3.49. The standard InChI is InChI=1S/C12H17NO2/c1-4-9(2)10-7-5-6-8-11(10)15-12(14)13-3/h5-9H,4H2,1-3H3,(H,13,14)/t9-/m0/s1. The summed E-state index contributed by atoms with van der Waals surface area (Å²) in [5, 5.41) is 2.44. The molecule has 3 heteroatoms. The molecule has 0 spiro atoms. The predicted octanol–water partition coefficient (Wildman–Crippen LogP) is 2.92. The summed E-state index contributed by atoms with van der Waals surface area (Å²) in [7, 11) is 1.55. The molecule has 1 aromatic rings. The van der Waals surface area contributed by atoms with Gasteiger partial charge in [-0.1, -0.05) is 32.0 Å². The monoisotopic (exact) mass is 207 g/mol. The van der Waals surface area contributed by atoms with Gasteiger partial charge in [-0.15, -0.1) is 0 Å². The largest absolute Gasteiger partial charge is 0.412 e. The lowest BCUT2D eigenvalue weighted by molar-refractivity contribution is 0.202. The zero-order valence-corrected chi connectivity index (χ0v) is 9.41. The van der Waals surface area contributed by atoms with Crippen LogP contribution in [0.5, 0.6) is 5.75 Å². The Morgan fingerprint density at radius 1 is 1.47 bits per heavy atom. The average molecular weight is 207 g/mol. The summed E-state index contributed by atoms with van der Waals surface area (Å²) in [6.45, 7) is 4.23. The molecule has 0 bridgehead atoms. The topological polar surface area (TPSA) is 38.3 Å². The molecule has 3 nitrogen and oxygen atoms in total. The van der Waals surface area contributed by atoms with Gasteiger partial charge in [0, 0.05) is 7.05 Å². The zero-order chi connectivity index (χ0) is 11.3. The summed E-state index contributed by atoms with van der Waals surface area (Å²) in [5.74, 6) is 1.04. The predicted molar refractivity (Wildman–Crippen MR) is 60.2 cm³/mol. The van der Waals surface area contributed by atoms with Crippen molar-refractivity contribution in [1.82, 2.24) is 5.32 Å². The maximum absolute atomic E-state index is 11.1. The van der Waals surface area contributed by atoms with E-state index in [1.54, 1.807) is 7.05 Å². The van der Waals surface area contributed by atoms with Gasteiger partial charge in [-0.25, -0.2) is 4.79 Å². The number of rotatable bonds is 3. The van der Waals surface area contributed by atoms with Gasteiger partial charge in [0.1, 0.15) is 5.75 Å². The van der Waals surface area contributed by atoms with Crippen molar-refractivity contribution < 1.29 is 9.53 Å². The highest BCUT2D eigenvalue weighted by Gasteiger charge is 2.11. The van der Waals surface area contributed by atoms with Gasteiger partial charge in [-0.05, 0) is 24.0 Å². The Morgan fingerprint density at radius 2 is 2.13 bits per heavy atom. The van der Waals surface area contributed by atoms with Crippen LogP contribution in [0, 0.1) is 0 Å². The Kier molecular flexibility index (Phi) is 4.16. The van der Waals surface area contributed by atoms with Crippen LogP contribution in [0.2, 0.25) is 0 Å². The molecule has 0 unspecified atom stereocenters. The van der Waals surface area contributed by atoms with Crippen LogP contribution in [0.3, 0.4) is 0 Å².